The van der Waals surface area contributed by atoms with Gasteiger partial charge in [-0.05, 0) is 24.7 Å². The third-order valence-electron chi connectivity index (χ3n) is 6.57. The van der Waals surface area contributed by atoms with Gasteiger partial charge in [-0.15, -0.1) is 33.4 Å². The summed E-state index contributed by atoms with van der Waals surface area (Å²) in [5.41, 5.74) is 12.2. The van der Waals surface area contributed by atoms with Crippen LogP contribution in [0.25, 0.3) is 0 Å². The third-order valence-corrected chi connectivity index (χ3v) is 6.57. The van der Waals surface area contributed by atoms with Gasteiger partial charge in [0, 0.05) is 0 Å². The van der Waals surface area contributed by atoms with Crippen molar-refractivity contribution in [2.45, 2.75) is 69.2 Å². The molecule has 0 aromatic carbocycles. The van der Waals surface area contributed by atoms with Gasteiger partial charge in [-0.25, -0.2) is 0 Å². The maximum Gasteiger partial charge on any atom is 2.00 e. The van der Waals surface area contributed by atoms with Gasteiger partial charge in [-0.2, -0.15) is 6.42 Å². The van der Waals surface area contributed by atoms with E-state index < -0.39 is 0 Å². The van der Waals surface area contributed by atoms with E-state index in [-0.39, 0.29) is 32.5 Å². The Bertz CT molecular complexity index is 575. The van der Waals surface area contributed by atoms with Crippen LogP contribution in [0.15, 0.2) is 44.6 Å². The number of hydrogen-bond acceptors (Lipinski definition) is 0. The van der Waals surface area contributed by atoms with Crippen molar-refractivity contribution in [3.63, 3.8) is 0 Å². The van der Waals surface area contributed by atoms with Crippen LogP contribution in [0, 0.1) is 17.3 Å². The molecule has 0 heterocycles. The topological polar surface area (TPSA) is 0 Å². The molecule has 0 unspecified atom stereocenters. The van der Waals surface area contributed by atoms with Gasteiger partial charge in [0.2, 0.25) is 0 Å². The molecule has 1 heteroatoms. The van der Waals surface area contributed by atoms with E-state index in [2.05, 4.69) is 75.7 Å². The van der Waals surface area contributed by atoms with Crippen LogP contribution in [0.2, 0.25) is 0 Å². The molecule has 0 aromatic rings. The van der Waals surface area contributed by atoms with Gasteiger partial charge in [-0.1, -0.05) is 66.5 Å². The van der Waals surface area contributed by atoms with Crippen LogP contribution in [0.4, 0.5) is 0 Å². The summed E-state index contributed by atoms with van der Waals surface area (Å²) in [7, 11) is 0. The summed E-state index contributed by atoms with van der Waals surface area (Å²) in [5.74, 6) is 0. The van der Waals surface area contributed by atoms with Gasteiger partial charge in [0.1, 0.15) is 0 Å². The molecule has 0 radical (unpaired) electrons. The number of hydrogen-bond donors (Lipinski definition) is 0. The molecule has 0 nitrogen and oxygen atoms in total. The zero-order chi connectivity index (χ0) is 16.3. The molecule has 0 fully saturated rings. The minimum Gasteiger partial charge on any atom is -0.161 e. The Morgan fingerprint density at radius 2 is 0.818 bits per heavy atom. The summed E-state index contributed by atoms with van der Waals surface area (Å²) in [6.07, 6.45) is 2.49. The molecule has 2 rings (SSSR count). The quantitative estimate of drug-likeness (QED) is 0.396. The monoisotopic (exact) mass is 331 g/mol. The Labute approximate surface area is 152 Å². The molecule has 0 atom stereocenters. The molecule has 22 heavy (non-hydrogen) atoms. The Hall–Kier alpha value is -0.456. The van der Waals surface area contributed by atoms with Gasteiger partial charge >= 0.3 is 21.7 Å². The molecule has 118 valence electrons. The molecule has 0 amide bonds. The van der Waals surface area contributed by atoms with E-state index in [4.69, 9.17) is 0 Å². The first-order valence-electron chi connectivity index (χ1n) is 8.08. The molecule has 0 spiro atoms. The summed E-state index contributed by atoms with van der Waals surface area (Å²) in [6.45, 7) is 23.1. The van der Waals surface area contributed by atoms with Gasteiger partial charge in [0.25, 0.3) is 0 Å². The Balaban J connectivity index is 0.00000242. The SMILES string of the molecule is CC1=C(C)C(C)(C)C([CH-]C2=C(C)C(C)=C(C)C2(C)C)=C1C.[Ti+2]. The first-order chi connectivity index (χ1) is 9.44. The van der Waals surface area contributed by atoms with Crippen molar-refractivity contribution in [3.05, 3.63) is 51.0 Å². The first kappa shape index (κ1) is 19.6. The van der Waals surface area contributed by atoms with Crippen LogP contribution in [-0.4, -0.2) is 0 Å². The van der Waals surface area contributed by atoms with E-state index in [0.29, 0.717) is 0 Å². The summed E-state index contributed by atoms with van der Waals surface area (Å²) < 4.78 is 0. The minimum atomic E-state index is 0. The number of rotatable bonds is 2. The maximum absolute atomic E-state index is 2.49. The van der Waals surface area contributed by atoms with Crippen LogP contribution < -0.4 is 0 Å². The predicted molar refractivity (Wildman–Crippen MR) is 94.0 cm³/mol. The van der Waals surface area contributed by atoms with Crippen molar-refractivity contribution in [1.29, 1.82) is 0 Å². The van der Waals surface area contributed by atoms with Crippen LogP contribution in [-0.2, 0) is 21.7 Å². The van der Waals surface area contributed by atoms with E-state index in [1.165, 1.54) is 44.6 Å². The minimum absolute atomic E-state index is 0. The maximum atomic E-state index is 2.49. The van der Waals surface area contributed by atoms with Crippen molar-refractivity contribution in [2.75, 3.05) is 0 Å². The molecule has 2 aliphatic carbocycles. The zero-order valence-corrected chi connectivity index (χ0v) is 17.6. The second-order valence-corrected chi connectivity index (χ2v) is 7.97. The molecule has 0 aromatic heterocycles. The molecule has 0 saturated heterocycles. The predicted octanol–water partition coefficient (Wildman–Crippen LogP) is 6.57. The van der Waals surface area contributed by atoms with Crippen molar-refractivity contribution >= 4 is 0 Å². The van der Waals surface area contributed by atoms with E-state index in [0.717, 1.165) is 0 Å². The Morgan fingerprint density at radius 1 is 0.545 bits per heavy atom. The molecule has 0 bridgehead atoms. The molecule has 0 saturated carbocycles. The van der Waals surface area contributed by atoms with Crippen molar-refractivity contribution in [2.24, 2.45) is 10.8 Å². The summed E-state index contributed by atoms with van der Waals surface area (Å²) >= 11 is 0. The van der Waals surface area contributed by atoms with E-state index in [1.807, 2.05) is 0 Å². The smallest absolute Gasteiger partial charge is 0.161 e. The largest absolute Gasteiger partial charge is 2.00 e. The van der Waals surface area contributed by atoms with Crippen LogP contribution >= 0.6 is 0 Å². The van der Waals surface area contributed by atoms with Crippen LogP contribution in [0.5, 0.6) is 0 Å². The average Bonchev–Trinajstić information content (AvgIpc) is 2.63. The fraction of sp³-hybridized carbons (Fsp3) is 0.571. The second kappa shape index (κ2) is 5.88. The Morgan fingerprint density at radius 3 is 1.00 bits per heavy atom. The van der Waals surface area contributed by atoms with Gasteiger partial charge in [0.05, 0.1) is 0 Å². The van der Waals surface area contributed by atoms with Gasteiger partial charge < -0.3 is 0 Å². The molecular weight excluding hydrogens is 300 g/mol. The van der Waals surface area contributed by atoms with E-state index in [9.17, 15) is 0 Å². The average molecular weight is 331 g/mol. The standard InChI is InChI=1S/C21H31.Ti/c1-12-14(3)18(20(7,8)16(12)5)11-19-15(4)13(2)17(6)21(19,9)10;/h11H,1-10H3;/q-1;+2. The normalized spacial score (nSPS) is 23.5. The molecule has 2 aliphatic rings. The summed E-state index contributed by atoms with van der Waals surface area (Å²) in [6, 6.07) is 0. The van der Waals surface area contributed by atoms with E-state index >= 15 is 0 Å². The molecule has 0 N–H and O–H groups in total. The fourth-order valence-electron chi connectivity index (χ4n) is 3.97. The van der Waals surface area contributed by atoms with Gasteiger partial charge in [-0.3, -0.25) is 0 Å². The first-order valence-corrected chi connectivity index (χ1v) is 8.08. The van der Waals surface area contributed by atoms with Crippen LogP contribution in [0.3, 0.4) is 0 Å². The molecular formula is C21H31Ti+. The molecule has 0 aliphatic heterocycles. The third kappa shape index (κ3) is 2.53. The summed E-state index contributed by atoms with van der Waals surface area (Å²) in [5, 5.41) is 0. The van der Waals surface area contributed by atoms with Crippen LogP contribution in [0.1, 0.15) is 69.2 Å². The number of allylic oxidation sites excluding steroid dienone is 8. The fourth-order valence-corrected chi connectivity index (χ4v) is 3.97. The second-order valence-electron chi connectivity index (χ2n) is 7.97. The van der Waals surface area contributed by atoms with Crippen molar-refractivity contribution in [1.82, 2.24) is 0 Å². The zero-order valence-electron chi connectivity index (χ0n) is 16.1. The van der Waals surface area contributed by atoms with E-state index in [1.54, 1.807) is 0 Å². The van der Waals surface area contributed by atoms with Gasteiger partial charge in [0.15, 0.2) is 0 Å². The van der Waals surface area contributed by atoms with Crippen molar-refractivity contribution in [3.8, 4) is 0 Å². The van der Waals surface area contributed by atoms with Crippen molar-refractivity contribution < 1.29 is 21.7 Å². The summed E-state index contributed by atoms with van der Waals surface area (Å²) in [4.78, 5) is 0. The Kier molecular flexibility index (Phi) is 5.23.